The van der Waals surface area contributed by atoms with Gasteiger partial charge in [-0.25, -0.2) is 0 Å². The minimum absolute atomic E-state index is 0.0523. The highest BCUT2D eigenvalue weighted by Crippen LogP contribution is 2.09. The molecule has 0 bridgehead atoms. The maximum atomic E-state index is 11.4. The summed E-state index contributed by atoms with van der Waals surface area (Å²) in [5, 5.41) is 3.61. The molecule has 16 heavy (non-hydrogen) atoms. The summed E-state index contributed by atoms with van der Waals surface area (Å²) in [6.45, 7) is 2.63. The number of carbonyl (C=O) groups excluding carboxylic acids is 1. The lowest BCUT2D eigenvalue weighted by atomic mass is 10.1. The lowest BCUT2D eigenvalue weighted by Crippen LogP contribution is -2.32. The van der Waals surface area contributed by atoms with E-state index in [9.17, 15) is 4.79 Å². The first-order valence-corrected chi connectivity index (χ1v) is 6.59. The Morgan fingerprint density at radius 1 is 1.44 bits per heavy atom. The molecule has 0 aliphatic rings. The van der Waals surface area contributed by atoms with E-state index in [-0.39, 0.29) is 10.7 Å². The number of amides is 1. The van der Waals surface area contributed by atoms with Gasteiger partial charge in [-0.3, -0.25) is 4.79 Å². The van der Waals surface area contributed by atoms with Crippen LogP contribution in [0.4, 0.5) is 0 Å². The Morgan fingerprint density at radius 3 is 2.62 bits per heavy atom. The normalized spacial score (nSPS) is 12.2. The molecule has 0 saturated carbocycles. The van der Waals surface area contributed by atoms with Gasteiger partial charge in [-0.1, -0.05) is 46.6 Å². The first-order chi connectivity index (χ1) is 7.63. The van der Waals surface area contributed by atoms with E-state index in [1.807, 2.05) is 31.2 Å². The van der Waals surface area contributed by atoms with Crippen molar-refractivity contribution in [1.29, 1.82) is 0 Å². The minimum atomic E-state index is -0.0854. The lowest BCUT2D eigenvalue weighted by Gasteiger charge is -2.08. The Kier molecular flexibility index (Phi) is 5.85. The molecular formula is C12H15BrClNO. The van der Waals surface area contributed by atoms with E-state index in [1.165, 1.54) is 5.56 Å². The zero-order valence-electron chi connectivity index (χ0n) is 9.17. The molecular weight excluding hydrogens is 289 g/mol. The van der Waals surface area contributed by atoms with Crippen molar-refractivity contribution in [3.8, 4) is 0 Å². The third-order valence-electron chi connectivity index (χ3n) is 2.27. The van der Waals surface area contributed by atoms with Crippen LogP contribution in [0.25, 0.3) is 0 Å². The molecule has 0 radical (unpaired) electrons. The number of alkyl halides is 1. The average Bonchev–Trinajstić information content (AvgIpc) is 2.30. The Balaban J connectivity index is 2.30. The highest BCUT2D eigenvalue weighted by Gasteiger charge is 2.10. The van der Waals surface area contributed by atoms with Crippen molar-refractivity contribution in [2.45, 2.75) is 24.6 Å². The van der Waals surface area contributed by atoms with Crippen molar-refractivity contribution in [2.75, 3.05) is 6.54 Å². The summed E-state index contributed by atoms with van der Waals surface area (Å²) < 4.78 is 0. The van der Waals surface area contributed by atoms with Crippen LogP contribution in [0.15, 0.2) is 24.3 Å². The van der Waals surface area contributed by atoms with Crippen LogP contribution in [0.3, 0.4) is 0 Å². The number of hydrogen-bond acceptors (Lipinski definition) is 1. The third kappa shape index (κ3) is 4.54. The van der Waals surface area contributed by atoms with Crippen LogP contribution in [0.1, 0.15) is 18.9 Å². The fraction of sp³-hybridized carbons (Fsp3) is 0.417. The minimum Gasteiger partial charge on any atom is -0.355 e. The maximum Gasteiger partial charge on any atom is 0.233 e. The van der Waals surface area contributed by atoms with Crippen molar-refractivity contribution < 1.29 is 4.79 Å². The zero-order chi connectivity index (χ0) is 12.0. The van der Waals surface area contributed by atoms with Gasteiger partial charge < -0.3 is 5.32 Å². The third-order valence-corrected chi connectivity index (χ3v) is 3.58. The highest BCUT2D eigenvalue weighted by atomic mass is 79.9. The molecule has 1 aromatic carbocycles. The van der Waals surface area contributed by atoms with E-state index in [4.69, 9.17) is 11.6 Å². The summed E-state index contributed by atoms with van der Waals surface area (Å²) in [4.78, 5) is 11.4. The number of halogens is 2. The SMILES string of the molecule is CCC(Br)C(=O)NCCc1ccc(Cl)cc1. The van der Waals surface area contributed by atoms with Crippen molar-refractivity contribution in [2.24, 2.45) is 0 Å². The Hall–Kier alpha value is -0.540. The predicted octanol–water partition coefficient (Wildman–Crippen LogP) is 3.17. The van der Waals surface area contributed by atoms with E-state index in [2.05, 4.69) is 21.2 Å². The average molecular weight is 305 g/mol. The van der Waals surface area contributed by atoms with Crippen LogP contribution in [0.5, 0.6) is 0 Å². The largest absolute Gasteiger partial charge is 0.355 e. The van der Waals surface area contributed by atoms with Gasteiger partial charge in [-0.05, 0) is 30.5 Å². The molecule has 0 aliphatic heterocycles. The Morgan fingerprint density at radius 2 is 2.06 bits per heavy atom. The van der Waals surface area contributed by atoms with Gasteiger partial charge in [0.2, 0.25) is 5.91 Å². The van der Waals surface area contributed by atoms with Crippen molar-refractivity contribution in [3.63, 3.8) is 0 Å². The first kappa shape index (κ1) is 13.5. The fourth-order valence-corrected chi connectivity index (χ4v) is 1.57. The quantitative estimate of drug-likeness (QED) is 0.832. The van der Waals surface area contributed by atoms with E-state index >= 15 is 0 Å². The van der Waals surface area contributed by atoms with Gasteiger partial charge in [0, 0.05) is 11.6 Å². The summed E-state index contributed by atoms with van der Waals surface area (Å²) in [5.74, 6) is 0.0523. The molecule has 0 fully saturated rings. The molecule has 4 heteroatoms. The van der Waals surface area contributed by atoms with Gasteiger partial charge >= 0.3 is 0 Å². The summed E-state index contributed by atoms with van der Waals surface area (Å²) in [7, 11) is 0. The molecule has 1 rings (SSSR count). The second kappa shape index (κ2) is 6.92. The fourth-order valence-electron chi connectivity index (χ4n) is 1.28. The molecule has 1 amide bonds. The topological polar surface area (TPSA) is 29.1 Å². The number of hydrogen-bond donors (Lipinski definition) is 1. The summed E-state index contributed by atoms with van der Waals surface area (Å²) in [6.07, 6.45) is 1.62. The highest BCUT2D eigenvalue weighted by molar-refractivity contribution is 9.10. The molecule has 0 aromatic heterocycles. The van der Waals surface area contributed by atoms with E-state index in [0.29, 0.717) is 6.54 Å². The van der Waals surface area contributed by atoms with Gasteiger partial charge in [0.15, 0.2) is 0 Å². The number of rotatable bonds is 5. The van der Waals surface area contributed by atoms with Crippen molar-refractivity contribution in [1.82, 2.24) is 5.32 Å². The molecule has 1 unspecified atom stereocenters. The first-order valence-electron chi connectivity index (χ1n) is 5.29. The van der Waals surface area contributed by atoms with Crippen LogP contribution in [0.2, 0.25) is 5.02 Å². The van der Waals surface area contributed by atoms with Gasteiger partial charge in [0.25, 0.3) is 0 Å². The van der Waals surface area contributed by atoms with Crippen molar-refractivity contribution >= 4 is 33.4 Å². The predicted molar refractivity (Wildman–Crippen MR) is 71.2 cm³/mol. The summed E-state index contributed by atoms with van der Waals surface area (Å²) in [6, 6.07) is 7.66. The van der Waals surface area contributed by atoms with Crippen molar-refractivity contribution in [3.05, 3.63) is 34.9 Å². The van der Waals surface area contributed by atoms with Crippen LogP contribution in [-0.4, -0.2) is 17.3 Å². The molecule has 88 valence electrons. The van der Waals surface area contributed by atoms with Crippen LogP contribution in [-0.2, 0) is 11.2 Å². The van der Waals surface area contributed by atoms with Gasteiger partial charge in [0.1, 0.15) is 0 Å². The smallest absolute Gasteiger partial charge is 0.233 e. The Labute approximate surface area is 110 Å². The molecule has 0 heterocycles. The number of carbonyl (C=O) groups is 1. The molecule has 0 saturated heterocycles. The zero-order valence-corrected chi connectivity index (χ0v) is 11.5. The van der Waals surface area contributed by atoms with Crippen LogP contribution < -0.4 is 5.32 Å². The molecule has 1 N–H and O–H groups in total. The van der Waals surface area contributed by atoms with E-state index in [1.54, 1.807) is 0 Å². The molecule has 2 nitrogen and oxygen atoms in total. The van der Waals surface area contributed by atoms with Gasteiger partial charge in [-0.15, -0.1) is 0 Å². The summed E-state index contributed by atoms with van der Waals surface area (Å²) in [5.41, 5.74) is 1.17. The van der Waals surface area contributed by atoms with E-state index < -0.39 is 0 Å². The lowest BCUT2D eigenvalue weighted by molar-refractivity contribution is -0.120. The molecule has 0 aliphatic carbocycles. The maximum absolute atomic E-state index is 11.4. The van der Waals surface area contributed by atoms with Crippen LogP contribution in [0, 0.1) is 0 Å². The van der Waals surface area contributed by atoms with Gasteiger partial charge in [-0.2, -0.15) is 0 Å². The van der Waals surface area contributed by atoms with Gasteiger partial charge in [0.05, 0.1) is 4.83 Å². The second-order valence-electron chi connectivity index (χ2n) is 3.54. The standard InChI is InChI=1S/C12H15BrClNO/c1-2-11(13)12(16)15-8-7-9-3-5-10(14)6-4-9/h3-6,11H,2,7-8H2,1H3,(H,15,16). The van der Waals surface area contributed by atoms with E-state index in [0.717, 1.165) is 17.9 Å². The molecule has 1 aromatic rings. The molecule has 0 spiro atoms. The number of benzene rings is 1. The second-order valence-corrected chi connectivity index (χ2v) is 5.09. The van der Waals surface area contributed by atoms with Crippen LogP contribution >= 0.6 is 27.5 Å². The summed E-state index contributed by atoms with van der Waals surface area (Å²) >= 11 is 9.09. The Bertz CT molecular complexity index is 339. The molecule has 1 atom stereocenters. The monoisotopic (exact) mass is 303 g/mol. The number of nitrogens with one attached hydrogen (secondary N) is 1.